The summed E-state index contributed by atoms with van der Waals surface area (Å²) in [5, 5.41) is 0. The van der Waals surface area contributed by atoms with Gasteiger partial charge in [0.25, 0.3) is 5.56 Å². The summed E-state index contributed by atoms with van der Waals surface area (Å²) in [6.07, 6.45) is 3.84. The molecule has 1 aromatic heterocycles. The van der Waals surface area contributed by atoms with Crippen LogP contribution in [-0.4, -0.2) is 29.6 Å². The predicted octanol–water partition coefficient (Wildman–Crippen LogP) is 4.00. The van der Waals surface area contributed by atoms with Gasteiger partial charge in [0, 0.05) is 54.2 Å². The zero-order chi connectivity index (χ0) is 18.5. The van der Waals surface area contributed by atoms with Crippen LogP contribution in [0.1, 0.15) is 25.3 Å². The molecule has 0 spiro atoms. The topological polar surface area (TPSA) is 52.5 Å². The Kier molecular flexibility index (Phi) is 6.27. The van der Waals surface area contributed by atoms with E-state index in [0.29, 0.717) is 0 Å². The molecule has 3 rings (SSSR count). The second kappa shape index (κ2) is 8.64. The molecule has 6 heteroatoms. The summed E-state index contributed by atoms with van der Waals surface area (Å²) in [6.45, 7) is 5.44. The molecule has 1 aliphatic rings. The first-order valence-corrected chi connectivity index (χ1v) is 10.0. The Balaban J connectivity index is 1.99. The summed E-state index contributed by atoms with van der Waals surface area (Å²) in [5.74, 6) is 1.83. The van der Waals surface area contributed by atoms with Crippen molar-refractivity contribution in [2.75, 3.05) is 23.7 Å². The third kappa shape index (κ3) is 4.43. The van der Waals surface area contributed by atoms with Gasteiger partial charge in [0.2, 0.25) is 0 Å². The number of aryl methyl sites for hydroxylation is 2. The van der Waals surface area contributed by atoms with Gasteiger partial charge in [-0.15, -0.1) is 0 Å². The minimum absolute atomic E-state index is 0.0245. The molecule has 5 nitrogen and oxygen atoms in total. The average Bonchev–Trinajstić information content (AvgIpc) is 2.65. The SMILES string of the molecule is CCSNc1ccc(OC2CCOCC2)c(-c2cc(C)c(=O)n(C)c2)c1. The summed E-state index contributed by atoms with van der Waals surface area (Å²) in [5.41, 5.74) is 3.76. The van der Waals surface area contributed by atoms with Crippen molar-refractivity contribution < 1.29 is 9.47 Å². The van der Waals surface area contributed by atoms with E-state index in [1.165, 1.54) is 0 Å². The number of anilines is 1. The van der Waals surface area contributed by atoms with Crippen LogP contribution in [0.5, 0.6) is 5.75 Å². The fourth-order valence-corrected chi connectivity index (χ4v) is 3.51. The number of benzene rings is 1. The number of hydrogen-bond donors (Lipinski definition) is 1. The highest BCUT2D eigenvalue weighted by Gasteiger charge is 2.18. The summed E-state index contributed by atoms with van der Waals surface area (Å²) in [7, 11) is 1.78. The van der Waals surface area contributed by atoms with Crippen molar-refractivity contribution in [2.24, 2.45) is 7.05 Å². The monoisotopic (exact) mass is 374 g/mol. The van der Waals surface area contributed by atoms with E-state index in [1.54, 1.807) is 23.6 Å². The lowest BCUT2D eigenvalue weighted by molar-refractivity contribution is 0.0258. The van der Waals surface area contributed by atoms with E-state index in [2.05, 4.69) is 17.7 Å². The number of pyridine rings is 1. The van der Waals surface area contributed by atoms with Crippen LogP contribution < -0.4 is 15.0 Å². The molecule has 1 aliphatic heterocycles. The average molecular weight is 375 g/mol. The Morgan fingerprint density at radius 3 is 2.77 bits per heavy atom. The summed E-state index contributed by atoms with van der Waals surface area (Å²) in [6, 6.07) is 8.08. The first-order chi connectivity index (χ1) is 12.6. The molecule has 1 N–H and O–H groups in total. The van der Waals surface area contributed by atoms with Crippen molar-refractivity contribution in [1.82, 2.24) is 4.57 Å². The maximum Gasteiger partial charge on any atom is 0.253 e. The van der Waals surface area contributed by atoms with Gasteiger partial charge in [-0.2, -0.15) is 0 Å². The Labute approximate surface area is 158 Å². The Morgan fingerprint density at radius 1 is 1.31 bits per heavy atom. The van der Waals surface area contributed by atoms with E-state index in [1.807, 2.05) is 31.3 Å². The quantitative estimate of drug-likeness (QED) is 0.775. The molecule has 140 valence electrons. The first-order valence-electron chi connectivity index (χ1n) is 9.02. The highest BCUT2D eigenvalue weighted by molar-refractivity contribution is 8.00. The van der Waals surface area contributed by atoms with E-state index in [0.717, 1.165) is 59.9 Å². The number of rotatable bonds is 6. The van der Waals surface area contributed by atoms with E-state index in [-0.39, 0.29) is 11.7 Å². The fraction of sp³-hybridized carbons (Fsp3) is 0.450. The van der Waals surface area contributed by atoms with Crippen LogP contribution in [0, 0.1) is 6.92 Å². The van der Waals surface area contributed by atoms with Crippen LogP contribution in [0.3, 0.4) is 0 Å². The van der Waals surface area contributed by atoms with Crippen molar-refractivity contribution in [3.63, 3.8) is 0 Å². The second-order valence-electron chi connectivity index (χ2n) is 6.50. The molecule has 0 bridgehead atoms. The van der Waals surface area contributed by atoms with Gasteiger partial charge in [-0.25, -0.2) is 0 Å². The molecule has 2 aromatic rings. The highest BCUT2D eigenvalue weighted by Crippen LogP contribution is 2.35. The van der Waals surface area contributed by atoms with Crippen LogP contribution in [0.4, 0.5) is 5.69 Å². The Morgan fingerprint density at radius 2 is 2.08 bits per heavy atom. The normalized spacial score (nSPS) is 15.0. The van der Waals surface area contributed by atoms with Gasteiger partial charge < -0.3 is 18.8 Å². The third-order valence-corrected chi connectivity index (χ3v) is 5.12. The van der Waals surface area contributed by atoms with Crippen molar-refractivity contribution in [2.45, 2.75) is 32.8 Å². The molecule has 0 amide bonds. The van der Waals surface area contributed by atoms with E-state index in [9.17, 15) is 4.79 Å². The minimum Gasteiger partial charge on any atom is -0.490 e. The molecular weight excluding hydrogens is 348 g/mol. The second-order valence-corrected chi connectivity index (χ2v) is 7.57. The number of nitrogens with one attached hydrogen (secondary N) is 1. The van der Waals surface area contributed by atoms with Crippen LogP contribution in [0.2, 0.25) is 0 Å². The fourth-order valence-electron chi connectivity index (χ4n) is 3.08. The highest BCUT2D eigenvalue weighted by atomic mass is 32.2. The van der Waals surface area contributed by atoms with Crippen molar-refractivity contribution in [3.05, 3.63) is 46.4 Å². The number of hydrogen-bond acceptors (Lipinski definition) is 5. The molecular formula is C20H26N2O3S. The van der Waals surface area contributed by atoms with Crippen molar-refractivity contribution in [1.29, 1.82) is 0 Å². The van der Waals surface area contributed by atoms with Gasteiger partial charge in [-0.05, 0) is 31.2 Å². The van der Waals surface area contributed by atoms with Gasteiger partial charge in [-0.3, -0.25) is 4.79 Å². The molecule has 0 unspecified atom stereocenters. The molecule has 26 heavy (non-hydrogen) atoms. The minimum atomic E-state index is 0.0245. The standard InChI is InChI=1S/C20H26N2O3S/c1-4-26-21-16-5-6-19(25-17-7-9-24-10-8-17)18(12-16)15-11-14(2)20(23)22(3)13-15/h5-6,11-13,17,21H,4,7-10H2,1-3H3. The molecule has 1 aromatic carbocycles. The zero-order valence-corrected chi connectivity index (χ0v) is 16.4. The predicted molar refractivity (Wildman–Crippen MR) is 108 cm³/mol. The van der Waals surface area contributed by atoms with Crippen molar-refractivity contribution in [3.8, 4) is 16.9 Å². The lowest BCUT2D eigenvalue weighted by atomic mass is 10.0. The van der Waals surface area contributed by atoms with Crippen molar-refractivity contribution >= 4 is 17.6 Å². The Bertz CT molecular complexity index is 787. The molecule has 0 saturated carbocycles. The summed E-state index contributed by atoms with van der Waals surface area (Å²) >= 11 is 1.65. The first kappa shape index (κ1) is 18.9. The largest absolute Gasteiger partial charge is 0.490 e. The lowest BCUT2D eigenvalue weighted by Gasteiger charge is -2.25. The maximum absolute atomic E-state index is 12.1. The number of nitrogens with zero attached hydrogens (tertiary/aromatic N) is 1. The number of ether oxygens (including phenoxy) is 2. The molecule has 1 fully saturated rings. The Hall–Kier alpha value is -1.92. The smallest absolute Gasteiger partial charge is 0.253 e. The molecule has 0 atom stereocenters. The van der Waals surface area contributed by atoms with Gasteiger partial charge >= 0.3 is 0 Å². The van der Waals surface area contributed by atoms with Crippen LogP contribution in [0.25, 0.3) is 11.1 Å². The van der Waals surface area contributed by atoms with Crippen LogP contribution in [0.15, 0.2) is 35.3 Å². The third-order valence-electron chi connectivity index (χ3n) is 4.45. The zero-order valence-electron chi connectivity index (χ0n) is 15.6. The van der Waals surface area contributed by atoms with E-state index < -0.39 is 0 Å². The summed E-state index contributed by atoms with van der Waals surface area (Å²) in [4.78, 5) is 12.1. The van der Waals surface area contributed by atoms with Gasteiger partial charge in [0.1, 0.15) is 11.9 Å². The molecule has 0 radical (unpaired) electrons. The van der Waals surface area contributed by atoms with Crippen LogP contribution >= 0.6 is 11.9 Å². The molecule has 2 heterocycles. The van der Waals surface area contributed by atoms with E-state index in [4.69, 9.17) is 9.47 Å². The van der Waals surface area contributed by atoms with Crippen LogP contribution in [-0.2, 0) is 11.8 Å². The molecule has 1 saturated heterocycles. The summed E-state index contributed by atoms with van der Waals surface area (Å²) < 4.78 is 16.7. The number of aromatic nitrogens is 1. The van der Waals surface area contributed by atoms with Gasteiger partial charge in [-0.1, -0.05) is 18.9 Å². The van der Waals surface area contributed by atoms with Gasteiger partial charge in [0.15, 0.2) is 0 Å². The maximum atomic E-state index is 12.1. The molecule has 0 aliphatic carbocycles. The lowest BCUT2D eigenvalue weighted by Crippen LogP contribution is -2.26. The van der Waals surface area contributed by atoms with E-state index >= 15 is 0 Å². The van der Waals surface area contributed by atoms with Gasteiger partial charge in [0.05, 0.1) is 13.2 Å².